The number of ether oxygens (including phenoxy) is 1. The molecule has 2 aromatic rings. The van der Waals surface area contributed by atoms with E-state index in [1.54, 1.807) is 25.6 Å². The number of halogens is 1. The largest absolute Gasteiger partial charge is 0.495 e. The summed E-state index contributed by atoms with van der Waals surface area (Å²) in [6.07, 6.45) is 3.28. The fraction of sp³-hybridized carbons (Fsp3) is 0.111. The first-order chi connectivity index (χ1) is 6.31. The average molecular weight is 195 g/mol. The lowest BCUT2D eigenvalue weighted by Gasteiger charge is -2.01. The monoisotopic (exact) mass is 194 g/mol. The van der Waals surface area contributed by atoms with E-state index in [1.807, 2.05) is 6.07 Å². The molecule has 0 spiro atoms. The topological polar surface area (TPSA) is 35.0 Å². The van der Waals surface area contributed by atoms with Crippen LogP contribution in [0.3, 0.4) is 0 Å². The minimum Gasteiger partial charge on any atom is -0.495 e. The van der Waals surface area contributed by atoms with Crippen molar-refractivity contribution in [1.29, 1.82) is 0 Å². The van der Waals surface area contributed by atoms with E-state index in [9.17, 15) is 0 Å². The molecule has 0 aliphatic carbocycles. The van der Waals surface area contributed by atoms with Gasteiger partial charge in [0.1, 0.15) is 10.9 Å². The number of aromatic nitrogens is 2. The van der Waals surface area contributed by atoms with Gasteiger partial charge < -0.3 is 4.74 Å². The van der Waals surface area contributed by atoms with Crippen LogP contribution in [0.5, 0.6) is 5.75 Å². The van der Waals surface area contributed by atoms with E-state index in [2.05, 4.69) is 9.97 Å². The zero-order chi connectivity index (χ0) is 9.26. The van der Waals surface area contributed by atoms with Crippen LogP contribution in [0.1, 0.15) is 0 Å². The average Bonchev–Trinajstić information content (AvgIpc) is 2.18. The van der Waals surface area contributed by atoms with Crippen LogP contribution in [-0.4, -0.2) is 17.1 Å². The highest BCUT2D eigenvalue weighted by Gasteiger charge is 2.01. The molecular weight excluding hydrogens is 188 g/mol. The first-order valence-corrected chi connectivity index (χ1v) is 4.13. The van der Waals surface area contributed by atoms with Gasteiger partial charge in [-0.25, -0.2) is 4.98 Å². The summed E-state index contributed by atoms with van der Waals surface area (Å²) in [4.78, 5) is 8.12. The second-order valence-corrected chi connectivity index (χ2v) is 2.90. The highest BCUT2D eigenvalue weighted by atomic mass is 35.5. The summed E-state index contributed by atoms with van der Waals surface area (Å²) in [5.74, 6) is 0.683. The van der Waals surface area contributed by atoms with Crippen LogP contribution in [0.4, 0.5) is 0 Å². The minimum atomic E-state index is 0.448. The van der Waals surface area contributed by atoms with Gasteiger partial charge in [0.25, 0.3) is 0 Å². The number of rotatable bonds is 1. The maximum absolute atomic E-state index is 5.88. The van der Waals surface area contributed by atoms with Gasteiger partial charge in [0.2, 0.25) is 0 Å². The lowest BCUT2D eigenvalue weighted by Crippen LogP contribution is -1.86. The van der Waals surface area contributed by atoms with Crippen molar-refractivity contribution in [2.45, 2.75) is 0 Å². The van der Waals surface area contributed by atoms with Crippen molar-refractivity contribution in [2.75, 3.05) is 7.11 Å². The minimum absolute atomic E-state index is 0.448. The smallest absolute Gasteiger partial charge is 0.138 e. The van der Waals surface area contributed by atoms with E-state index in [-0.39, 0.29) is 0 Å². The Kier molecular flexibility index (Phi) is 2.02. The first kappa shape index (κ1) is 8.26. The molecule has 0 bridgehead atoms. The van der Waals surface area contributed by atoms with Crippen molar-refractivity contribution >= 4 is 22.5 Å². The number of nitrogens with zero attached hydrogens (tertiary/aromatic N) is 2. The van der Waals surface area contributed by atoms with Crippen molar-refractivity contribution in [3.05, 3.63) is 29.7 Å². The van der Waals surface area contributed by atoms with Crippen LogP contribution in [0, 0.1) is 0 Å². The van der Waals surface area contributed by atoms with Gasteiger partial charge in [-0.2, -0.15) is 0 Å². The molecule has 0 N–H and O–H groups in total. The van der Waals surface area contributed by atoms with Crippen molar-refractivity contribution in [1.82, 2.24) is 9.97 Å². The summed E-state index contributed by atoms with van der Waals surface area (Å²) in [6, 6.07) is 3.62. The number of fused-ring (bicyclic) bond motifs is 1. The van der Waals surface area contributed by atoms with Crippen LogP contribution in [0.25, 0.3) is 10.9 Å². The molecule has 2 heterocycles. The highest BCUT2D eigenvalue weighted by Crippen LogP contribution is 2.22. The Morgan fingerprint density at radius 1 is 1.38 bits per heavy atom. The predicted octanol–water partition coefficient (Wildman–Crippen LogP) is 2.29. The van der Waals surface area contributed by atoms with E-state index >= 15 is 0 Å². The zero-order valence-electron chi connectivity index (χ0n) is 6.99. The van der Waals surface area contributed by atoms with Crippen molar-refractivity contribution < 1.29 is 4.74 Å². The number of hydrogen-bond donors (Lipinski definition) is 0. The standard InChI is InChI=1S/C9H7ClN2O/c1-13-6-4-7-8(12-5-6)2-3-11-9(7)10/h2-5H,1H3. The first-order valence-electron chi connectivity index (χ1n) is 3.75. The summed E-state index contributed by atoms with van der Waals surface area (Å²) in [5.41, 5.74) is 0.820. The molecule has 0 radical (unpaired) electrons. The maximum atomic E-state index is 5.88. The van der Waals surface area contributed by atoms with Crippen LogP contribution in [0.15, 0.2) is 24.5 Å². The van der Waals surface area contributed by atoms with E-state index in [1.165, 1.54) is 0 Å². The number of hydrogen-bond acceptors (Lipinski definition) is 3. The SMILES string of the molecule is COc1cnc2ccnc(Cl)c2c1. The molecule has 0 saturated heterocycles. The lowest BCUT2D eigenvalue weighted by atomic mass is 10.3. The third kappa shape index (κ3) is 1.42. The Morgan fingerprint density at radius 3 is 3.00 bits per heavy atom. The van der Waals surface area contributed by atoms with E-state index in [0.717, 1.165) is 10.9 Å². The second-order valence-electron chi connectivity index (χ2n) is 2.54. The van der Waals surface area contributed by atoms with Gasteiger partial charge in [0, 0.05) is 11.6 Å². The molecule has 0 saturated carbocycles. The normalized spacial score (nSPS) is 10.3. The van der Waals surface area contributed by atoms with Crippen molar-refractivity contribution in [3.8, 4) is 5.75 Å². The lowest BCUT2D eigenvalue weighted by molar-refractivity contribution is 0.414. The Bertz CT molecular complexity index is 445. The van der Waals surface area contributed by atoms with Crippen LogP contribution in [0.2, 0.25) is 5.15 Å². The Labute approximate surface area is 80.3 Å². The predicted molar refractivity (Wildman–Crippen MR) is 51.1 cm³/mol. The molecule has 0 fully saturated rings. The molecular formula is C9H7ClN2O. The Hall–Kier alpha value is -1.35. The summed E-state index contributed by atoms with van der Waals surface area (Å²) in [5, 5.41) is 1.26. The van der Waals surface area contributed by atoms with Gasteiger partial charge in [-0.3, -0.25) is 4.98 Å². The fourth-order valence-electron chi connectivity index (χ4n) is 1.11. The van der Waals surface area contributed by atoms with Crippen LogP contribution >= 0.6 is 11.6 Å². The zero-order valence-corrected chi connectivity index (χ0v) is 7.75. The van der Waals surface area contributed by atoms with Crippen molar-refractivity contribution in [2.24, 2.45) is 0 Å². The Morgan fingerprint density at radius 2 is 2.23 bits per heavy atom. The summed E-state index contributed by atoms with van der Waals surface area (Å²) in [6.45, 7) is 0. The van der Waals surface area contributed by atoms with Gasteiger partial charge in [0.05, 0.1) is 18.8 Å². The quantitative estimate of drug-likeness (QED) is 0.654. The molecule has 4 heteroatoms. The molecule has 2 rings (SSSR count). The number of pyridine rings is 2. The summed E-state index contributed by atoms with van der Waals surface area (Å²) < 4.78 is 5.03. The molecule has 2 aromatic heterocycles. The summed E-state index contributed by atoms with van der Waals surface area (Å²) >= 11 is 5.88. The van der Waals surface area contributed by atoms with E-state index < -0.39 is 0 Å². The van der Waals surface area contributed by atoms with E-state index in [0.29, 0.717) is 10.9 Å². The molecule has 0 aromatic carbocycles. The molecule has 0 aliphatic rings. The molecule has 3 nitrogen and oxygen atoms in total. The third-order valence-electron chi connectivity index (χ3n) is 1.77. The maximum Gasteiger partial charge on any atom is 0.138 e. The molecule has 66 valence electrons. The van der Waals surface area contributed by atoms with Crippen LogP contribution in [-0.2, 0) is 0 Å². The number of methoxy groups -OCH3 is 1. The molecule has 0 unspecified atom stereocenters. The fourth-order valence-corrected chi connectivity index (χ4v) is 1.32. The van der Waals surface area contributed by atoms with Gasteiger partial charge in [-0.1, -0.05) is 11.6 Å². The molecule has 13 heavy (non-hydrogen) atoms. The second kappa shape index (κ2) is 3.18. The van der Waals surface area contributed by atoms with Gasteiger partial charge >= 0.3 is 0 Å². The Balaban J connectivity index is 2.74. The van der Waals surface area contributed by atoms with Crippen LogP contribution < -0.4 is 4.74 Å². The van der Waals surface area contributed by atoms with Crippen molar-refractivity contribution in [3.63, 3.8) is 0 Å². The van der Waals surface area contributed by atoms with E-state index in [4.69, 9.17) is 16.3 Å². The third-order valence-corrected chi connectivity index (χ3v) is 2.07. The van der Waals surface area contributed by atoms with Gasteiger partial charge in [-0.05, 0) is 12.1 Å². The highest BCUT2D eigenvalue weighted by molar-refractivity contribution is 6.34. The molecule has 0 amide bonds. The molecule has 0 aliphatic heterocycles. The molecule has 0 atom stereocenters. The summed E-state index contributed by atoms with van der Waals surface area (Å²) in [7, 11) is 1.59. The van der Waals surface area contributed by atoms with Gasteiger partial charge in [-0.15, -0.1) is 0 Å². The van der Waals surface area contributed by atoms with Gasteiger partial charge in [0.15, 0.2) is 0 Å².